The van der Waals surface area contributed by atoms with E-state index in [1.54, 1.807) is 6.92 Å². The molecule has 0 radical (unpaired) electrons. The Bertz CT molecular complexity index is 918. The van der Waals surface area contributed by atoms with Crippen molar-refractivity contribution in [1.29, 1.82) is 0 Å². The molecule has 0 aliphatic carbocycles. The molecule has 0 saturated carbocycles. The molecule has 3 rings (SSSR count). The molecule has 0 amide bonds. The molecule has 1 aromatic carbocycles. The van der Waals surface area contributed by atoms with Crippen LogP contribution >= 0.6 is 0 Å². The van der Waals surface area contributed by atoms with Crippen LogP contribution in [0.25, 0.3) is 11.0 Å². The summed E-state index contributed by atoms with van der Waals surface area (Å²) in [5, 5.41) is 60.2. The SMILES string of the molecule is Cc1cc(O)c(C2OC(CO)C(O)C(O)C2O)c2oc(CC(C)O)cc(=O)c12. The zero-order valence-corrected chi connectivity index (χ0v) is 15.4. The monoisotopic (exact) mass is 396 g/mol. The van der Waals surface area contributed by atoms with Gasteiger partial charge in [0, 0.05) is 12.5 Å². The highest BCUT2D eigenvalue weighted by Crippen LogP contribution is 2.41. The smallest absolute Gasteiger partial charge is 0.193 e. The highest BCUT2D eigenvalue weighted by Gasteiger charge is 2.45. The fourth-order valence-electron chi connectivity index (χ4n) is 3.58. The molecule has 1 aliphatic heterocycles. The van der Waals surface area contributed by atoms with E-state index < -0.39 is 48.7 Å². The molecule has 1 aliphatic rings. The van der Waals surface area contributed by atoms with E-state index in [4.69, 9.17) is 9.15 Å². The number of aliphatic hydroxyl groups is 5. The quantitative estimate of drug-likeness (QED) is 0.390. The van der Waals surface area contributed by atoms with Crippen molar-refractivity contribution in [1.82, 2.24) is 0 Å². The maximum atomic E-state index is 12.6. The van der Waals surface area contributed by atoms with Gasteiger partial charge in [0.15, 0.2) is 5.43 Å². The normalized spacial score (nSPS) is 29.2. The Labute approximate surface area is 160 Å². The summed E-state index contributed by atoms with van der Waals surface area (Å²) < 4.78 is 11.3. The second-order valence-electron chi connectivity index (χ2n) is 7.21. The van der Waals surface area contributed by atoms with Crippen molar-refractivity contribution < 1.29 is 39.8 Å². The molecule has 6 atom stereocenters. The first-order valence-electron chi connectivity index (χ1n) is 8.93. The first kappa shape index (κ1) is 20.7. The minimum atomic E-state index is -1.65. The number of phenols is 1. The van der Waals surface area contributed by atoms with Gasteiger partial charge in [0.1, 0.15) is 47.6 Å². The third-order valence-corrected chi connectivity index (χ3v) is 4.94. The molecule has 1 saturated heterocycles. The van der Waals surface area contributed by atoms with Crippen LogP contribution in [0.1, 0.15) is 29.9 Å². The third-order valence-electron chi connectivity index (χ3n) is 4.94. The molecule has 9 nitrogen and oxygen atoms in total. The summed E-state index contributed by atoms with van der Waals surface area (Å²) in [6, 6.07) is 2.56. The first-order chi connectivity index (χ1) is 13.1. The number of phenolic OH excluding ortho intramolecular Hbond substituents is 1. The molecule has 1 aromatic heterocycles. The van der Waals surface area contributed by atoms with Crippen LogP contribution in [0.3, 0.4) is 0 Å². The predicted octanol–water partition coefficient (Wildman–Crippen LogP) is -0.755. The van der Waals surface area contributed by atoms with Gasteiger partial charge in [0.2, 0.25) is 0 Å². The Hall–Kier alpha value is -2.01. The molecule has 6 N–H and O–H groups in total. The van der Waals surface area contributed by atoms with E-state index in [1.165, 1.54) is 19.1 Å². The van der Waals surface area contributed by atoms with E-state index in [1.807, 2.05) is 0 Å². The molecular formula is C19H24O9. The van der Waals surface area contributed by atoms with E-state index >= 15 is 0 Å². The van der Waals surface area contributed by atoms with Crippen LogP contribution in [0, 0.1) is 6.92 Å². The molecular weight excluding hydrogens is 372 g/mol. The number of ether oxygens (including phenoxy) is 1. The van der Waals surface area contributed by atoms with Crippen LogP contribution in [0.2, 0.25) is 0 Å². The van der Waals surface area contributed by atoms with Gasteiger partial charge in [-0.25, -0.2) is 0 Å². The van der Waals surface area contributed by atoms with Crippen LogP contribution in [0.4, 0.5) is 0 Å². The number of hydrogen-bond donors (Lipinski definition) is 6. The molecule has 2 aromatic rings. The topological polar surface area (TPSA) is 161 Å². The van der Waals surface area contributed by atoms with E-state index in [0.29, 0.717) is 5.56 Å². The van der Waals surface area contributed by atoms with Crippen molar-refractivity contribution in [2.45, 2.75) is 56.9 Å². The number of aromatic hydroxyl groups is 1. The number of rotatable bonds is 4. The minimum Gasteiger partial charge on any atom is -0.507 e. The second-order valence-corrected chi connectivity index (χ2v) is 7.21. The summed E-state index contributed by atoms with van der Waals surface area (Å²) in [5.41, 5.74) is -0.106. The van der Waals surface area contributed by atoms with Crippen LogP contribution in [0.15, 0.2) is 21.3 Å². The van der Waals surface area contributed by atoms with Gasteiger partial charge in [0.25, 0.3) is 0 Å². The number of hydrogen-bond acceptors (Lipinski definition) is 9. The van der Waals surface area contributed by atoms with E-state index in [0.717, 1.165) is 0 Å². The van der Waals surface area contributed by atoms with E-state index in [-0.39, 0.29) is 34.5 Å². The maximum absolute atomic E-state index is 12.6. The molecule has 28 heavy (non-hydrogen) atoms. The molecule has 1 fully saturated rings. The number of aryl methyl sites for hydroxylation is 1. The zero-order valence-electron chi connectivity index (χ0n) is 15.4. The fourth-order valence-corrected chi connectivity index (χ4v) is 3.58. The summed E-state index contributed by atoms with van der Waals surface area (Å²) >= 11 is 0. The Morgan fingerprint density at radius 2 is 1.82 bits per heavy atom. The lowest BCUT2D eigenvalue weighted by Crippen LogP contribution is -2.55. The van der Waals surface area contributed by atoms with Crippen LogP contribution in [0.5, 0.6) is 5.75 Å². The van der Waals surface area contributed by atoms with Gasteiger partial charge in [-0.15, -0.1) is 0 Å². The zero-order chi connectivity index (χ0) is 20.7. The number of benzene rings is 1. The van der Waals surface area contributed by atoms with Crippen LogP contribution in [-0.2, 0) is 11.2 Å². The van der Waals surface area contributed by atoms with Crippen molar-refractivity contribution in [2.24, 2.45) is 0 Å². The van der Waals surface area contributed by atoms with Crippen molar-refractivity contribution in [3.63, 3.8) is 0 Å². The largest absolute Gasteiger partial charge is 0.507 e. The molecule has 154 valence electrons. The minimum absolute atomic E-state index is 0.0496. The molecule has 0 bridgehead atoms. The molecule has 0 spiro atoms. The average Bonchev–Trinajstić information content (AvgIpc) is 2.60. The van der Waals surface area contributed by atoms with E-state index in [9.17, 15) is 35.4 Å². The Balaban J connectivity index is 2.24. The lowest BCUT2D eigenvalue weighted by atomic mass is 9.89. The Morgan fingerprint density at radius 1 is 1.14 bits per heavy atom. The average molecular weight is 396 g/mol. The highest BCUT2D eigenvalue weighted by molar-refractivity contribution is 5.86. The van der Waals surface area contributed by atoms with Gasteiger partial charge in [-0.1, -0.05) is 0 Å². The van der Waals surface area contributed by atoms with Gasteiger partial charge in [0.05, 0.1) is 23.7 Å². The van der Waals surface area contributed by atoms with E-state index in [2.05, 4.69) is 0 Å². The van der Waals surface area contributed by atoms with Crippen LogP contribution in [-0.4, -0.2) is 67.8 Å². The summed E-state index contributed by atoms with van der Waals surface area (Å²) in [6.07, 6.45) is -8.16. The first-order valence-corrected chi connectivity index (χ1v) is 8.93. The number of aliphatic hydroxyl groups excluding tert-OH is 5. The van der Waals surface area contributed by atoms with Gasteiger partial charge < -0.3 is 39.8 Å². The molecule has 9 heteroatoms. The summed E-state index contributed by atoms with van der Waals surface area (Å²) in [7, 11) is 0. The summed E-state index contributed by atoms with van der Waals surface area (Å²) in [5.74, 6) is -0.171. The standard InChI is InChI=1S/C19H24O9/c1-7-3-10(22)14(19-17(26)16(25)15(24)12(6-20)28-19)18-13(7)11(23)5-9(27-18)4-8(2)21/h3,5,8,12,15-17,19-22,24-26H,4,6H2,1-2H3. The second kappa shape index (κ2) is 7.78. The highest BCUT2D eigenvalue weighted by atomic mass is 16.5. The van der Waals surface area contributed by atoms with Crippen molar-refractivity contribution in [2.75, 3.05) is 6.61 Å². The summed E-state index contributed by atoms with van der Waals surface area (Å²) in [6.45, 7) is 2.49. The Kier molecular flexibility index (Phi) is 5.76. The van der Waals surface area contributed by atoms with Crippen molar-refractivity contribution in [3.8, 4) is 5.75 Å². The summed E-state index contributed by atoms with van der Waals surface area (Å²) in [4.78, 5) is 12.6. The Morgan fingerprint density at radius 3 is 2.43 bits per heavy atom. The van der Waals surface area contributed by atoms with Gasteiger partial charge >= 0.3 is 0 Å². The van der Waals surface area contributed by atoms with Gasteiger partial charge in [-0.05, 0) is 25.5 Å². The maximum Gasteiger partial charge on any atom is 0.193 e. The van der Waals surface area contributed by atoms with Gasteiger partial charge in [-0.2, -0.15) is 0 Å². The van der Waals surface area contributed by atoms with Crippen molar-refractivity contribution >= 4 is 11.0 Å². The lowest BCUT2D eigenvalue weighted by molar-refractivity contribution is -0.231. The van der Waals surface area contributed by atoms with Crippen LogP contribution < -0.4 is 5.43 Å². The fraction of sp³-hybridized carbons (Fsp3) is 0.526. The predicted molar refractivity (Wildman–Crippen MR) is 97.0 cm³/mol. The number of fused-ring (bicyclic) bond motifs is 1. The third kappa shape index (κ3) is 3.52. The van der Waals surface area contributed by atoms with Crippen molar-refractivity contribution in [3.05, 3.63) is 39.2 Å². The molecule has 6 unspecified atom stereocenters. The lowest BCUT2D eigenvalue weighted by Gasteiger charge is -2.40. The van der Waals surface area contributed by atoms with Gasteiger partial charge in [-0.3, -0.25) is 4.79 Å². The molecule has 2 heterocycles.